The first kappa shape index (κ1) is 12.5. The first-order valence-corrected chi connectivity index (χ1v) is 5.91. The fourth-order valence-electron chi connectivity index (χ4n) is 2.30. The van der Waals surface area contributed by atoms with E-state index in [1.54, 1.807) is 7.11 Å². The third kappa shape index (κ3) is 3.48. The van der Waals surface area contributed by atoms with Crippen LogP contribution < -0.4 is 5.32 Å². The van der Waals surface area contributed by atoms with Gasteiger partial charge in [0.05, 0.1) is 12.7 Å². The highest BCUT2D eigenvalue weighted by Gasteiger charge is 2.34. The third-order valence-electron chi connectivity index (χ3n) is 3.52. The van der Waals surface area contributed by atoms with E-state index in [2.05, 4.69) is 18.3 Å². The van der Waals surface area contributed by atoms with Gasteiger partial charge in [0.15, 0.2) is 0 Å². The molecule has 0 spiro atoms. The van der Waals surface area contributed by atoms with Crippen LogP contribution in [0.1, 0.15) is 39.0 Å². The van der Waals surface area contributed by atoms with Crippen LogP contribution in [0.5, 0.6) is 0 Å². The van der Waals surface area contributed by atoms with Gasteiger partial charge in [0, 0.05) is 13.7 Å². The lowest BCUT2D eigenvalue weighted by Crippen LogP contribution is -2.47. The van der Waals surface area contributed by atoms with Crippen molar-refractivity contribution in [2.45, 2.75) is 44.6 Å². The Morgan fingerprint density at radius 2 is 2.13 bits per heavy atom. The van der Waals surface area contributed by atoms with Crippen LogP contribution in [0.3, 0.4) is 0 Å². The Balaban J connectivity index is 2.39. The SMILES string of the molecule is CCC1CCC(C#N)(NCCOC)CC1. The van der Waals surface area contributed by atoms with Gasteiger partial charge in [0.25, 0.3) is 0 Å². The van der Waals surface area contributed by atoms with Gasteiger partial charge in [-0.3, -0.25) is 5.32 Å². The third-order valence-corrected chi connectivity index (χ3v) is 3.52. The molecular formula is C12H22N2O. The second kappa shape index (κ2) is 6.09. The molecule has 3 heteroatoms. The summed E-state index contributed by atoms with van der Waals surface area (Å²) in [6.07, 6.45) is 5.60. The fraction of sp³-hybridized carbons (Fsp3) is 0.917. The van der Waals surface area contributed by atoms with Gasteiger partial charge in [0.1, 0.15) is 5.54 Å². The summed E-state index contributed by atoms with van der Waals surface area (Å²) in [6.45, 7) is 3.70. The normalized spacial score (nSPS) is 31.1. The molecule has 0 radical (unpaired) electrons. The van der Waals surface area contributed by atoms with Gasteiger partial charge >= 0.3 is 0 Å². The average molecular weight is 210 g/mol. The molecule has 15 heavy (non-hydrogen) atoms. The van der Waals surface area contributed by atoms with E-state index in [1.165, 1.54) is 19.3 Å². The molecule has 1 fully saturated rings. The Morgan fingerprint density at radius 1 is 1.47 bits per heavy atom. The summed E-state index contributed by atoms with van der Waals surface area (Å²) >= 11 is 0. The largest absolute Gasteiger partial charge is 0.383 e. The second-order valence-electron chi connectivity index (χ2n) is 4.47. The van der Waals surface area contributed by atoms with Crippen LogP contribution in [0.2, 0.25) is 0 Å². The van der Waals surface area contributed by atoms with Gasteiger partial charge < -0.3 is 4.74 Å². The molecule has 0 aliphatic heterocycles. The van der Waals surface area contributed by atoms with Crippen molar-refractivity contribution in [3.8, 4) is 6.07 Å². The van der Waals surface area contributed by atoms with E-state index < -0.39 is 0 Å². The zero-order valence-electron chi connectivity index (χ0n) is 9.88. The lowest BCUT2D eigenvalue weighted by Gasteiger charge is -2.35. The summed E-state index contributed by atoms with van der Waals surface area (Å²) in [4.78, 5) is 0. The highest BCUT2D eigenvalue weighted by molar-refractivity contribution is 5.09. The van der Waals surface area contributed by atoms with Crippen LogP contribution in [0.25, 0.3) is 0 Å². The molecule has 1 aliphatic carbocycles. The van der Waals surface area contributed by atoms with Gasteiger partial charge in [-0.05, 0) is 31.6 Å². The summed E-state index contributed by atoms with van der Waals surface area (Å²) in [7, 11) is 1.69. The molecule has 0 aromatic heterocycles. The van der Waals surface area contributed by atoms with Gasteiger partial charge in [-0.25, -0.2) is 0 Å². The second-order valence-corrected chi connectivity index (χ2v) is 4.47. The molecule has 0 amide bonds. The lowest BCUT2D eigenvalue weighted by atomic mass is 9.76. The molecule has 0 unspecified atom stereocenters. The van der Waals surface area contributed by atoms with Crippen molar-refractivity contribution >= 4 is 0 Å². The predicted octanol–water partition coefficient (Wildman–Crippen LogP) is 2.08. The Morgan fingerprint density at radius 3 is 2.60 bits per heavy atom. The van der Waals surface area contributed by atoms with Crippen LogP contribution in [-0.4, -0.2) is 25.8 Å². The van der Waals surface area contributed by atoms with Gasteiger partial charge in [-0.15, -0.1) is 0 Å². The van der Waals surface area contributed by atoms with Crippen LogP contribution in [-0.2, 0) is 4.74 Å². The topological polar surface area (TPSA) is 45.0 Å². The van der Waals surface area contributed by atoms with E-state index in [0.29, 0.717) is 6.61 Å². The zero-order valence-corrected chi connectivity index (χ0v) is 9.88. The molecule has 1 aliphatic rings. The standard InChI is InChI=1S/C12H22N2O/c1-3-11-4-6-12(10-13,7-5-11)14-8-9-15-2/h11,14H,3-9H2,1-2H3. The molecule has 0 bridgehead atoms. The maximum absolute atomic E-state index is 9.25. The maximum atomic E-state index is 9.25. The zero-order chi connectivity index (χ0) is 11.1. The van der Waals surface area contributed by atoms with Crippen molar-refractivity contribution in [1.82, 2.24) is 5.32 Å². The van der Waals surface area contributed by atoms with Crippen LogP contribution >= 0.6 is 0 Å². The monoisotopic (exact) mass is 210 g/mol. The Labute approximate surface area is 92.8 Å². The van der Waals surface area contributed by atoms with E-state index in [-0.39, 0.29) is 5.54 Å². The van der Waals surface area contributed by atoms with Crippen LogP contribution in [0.15, 0.2) is 0 Å². The number of hydrogen-bond acceptors (Lipinski definition) is 3. The van der Waals surface area contributed by atoms with Crippen LogP contribution in [0.4, 0.5) is 0 Å². The minimum atomic E-state index is -0.274. The molecule has 0 saturated heterocycles. The first-order chi connectivity index (χ1) is 7.26. The number of nitriles is 1. The molecule has 0 heterocycles. The van der Waals surface area contributed by atoms with E-state index in [9.17, 15) is 5.26 Å². The number of ether oxygens (including phenoxy) is 1. The molecule has 0 aromatic carbocycles. The van der Waals surface area contributed by atoms with E-state index in [0.717, 1.165) is 25.3 Å². The quantitative estimate of drug-likeness (QED) is 0.707. The molecule has 3 nitrogen and oxygen atoms in total. The predicted molar refractivity (Wildman–Crippen MR) is 60.5 cm³/mol. The van der Waals surface area contributed by atoms with Crippen molar-refractivity contribution in [2.24, 2.45) is 5.92 Å². The average Bonchev–Trinajstić information content (AvgIpc) is 2.30. The van der Waals surface area contributed by atoms with Crippen LogP contribution in [0, 0.1) is 17.2 Å². The number of rotatable bonds is 5. The van der Waals surface area contributed by atoms with E-state index >= 15 is 0 Å². The van der Waals surface area contributed by atoms with Gasteiger partial charge in [-0.2, -0.15) is 5.26 Å². The minimum Gasteiger partial charge on any atom is -0.383 e. The van der Waals surface area contributed by atoms with Crippen molar-refractivity contribution in [3.05, 3.63) is 0 Å². The molecule has 1 rings (SSSR count). The molecule has 0 atom stereocenters. The highest BCUT2D eigenvalue weighted by atomic mass is 16.5. The molecule has 1 saturated carbocycles. The maximum Gasteiger partial charge on any atom is 0.106 e. The Kier molecular flexibility index (Phi) is 5.07. The number of nitrogens with zero attached hydrogens (tertiary/aromatic N) is 1. The van der Waals surface area contributed by atoms with Crippen molar-refractivity contribution in [1.29, 1.82) is 5.26 Å². The van der Waals surface area contributed by atoms with Crippen molar-refractivity contribution < 1.29 is 4.74 Å². The first-order valence-electron chi connectivity index (χ1n) is 5.91. The number of hydrogen-bond donors (Lipinski definition) is 1. The molecule has 1 N–H and O–H groups in total. The summed E-state index contributed by atoms with van der Waals surface area (Å²) in [5, 5.41) is 12.6. The minimum absolute atomic E-state index is 0.274. The number of nitrogens with one attached hydrogen (secondary N) is 1. The smallest absolute Gasteiger partial charge is 0.106 e. The molecule has 0 aromatic rings. The Hall–Kier alpha value is -0.590. The van der Waals surface area contributed by atoms with E-state index in [1.807, 2.05) is 0 Å². The van der Waals surface area contributed by atoms with Crippen molar-refractivity contribution in [3.63, 3.8) is 0 Å². The highest BCUT2D eigenvalue weighted by Crippen LogP contribution is 2.33. The van der Waals surface area contributed by atoms with Crippen molar-refractivity contribution in [2.75, 3.05) is 20.3 Å². The molecule has 86 valence electrons. The summed E-state index contributed by atoms with van der Waals surface area (Å²) in [5.41, 5.74) is -0.274. The summed E-state index contributed by atoms with van der Waals surface area (Å²) in [6, 6.07) is 2.45. The Bertz CT molecular complexity index is 209. The fourth-order valence-corrected chi connectivity index (χ4v) is 2.30. The van der Waals surface area contributed by atoms with Gasteiger partial charge in [-0.1, -0.05) is 13.3 Å². The molecular weight excluding hydrogens is 188 g/mol. The summed E-state index contributed by atoms with van der Waals surface area (Å²) in [5.74, 6) is 0.829. The van der Waals surface area contributed by atoms with E-state index in [4.69, 9.17) is 4.74 Å². The lowest BCUT2D eigenvalue weighted by molar-refractivity contribution is 0.174. The van der Waals surface area contributed by atoms with Gasteiger partial charge in [0.2, 0.25) is 0 Å². The summed E-state index contributed by atoms with van der Waals surface area (Å²) < 4.78 is 4.99. The number of methoxy groups -OCH3 is 1.